The molecule has 5 heteroatoms. The van der Waals surface area contributed by atoms with E-state index in [-0.39, 0.29) is 11.4 Å². The summed E-state index contributed by atoms with van der Waals surface area (Å²) in [5.41, 5.74) is 1.84. The Hall–Kier alpha value is -1.98. The molecule has 0 aromatic heterocycles. The van der Waals surface area contributed by atoms with Gasteiger partial charge >= 0.3 is 5.97 Å². The lowest BCUT2D eigenvalue weighted by Crippen LogP contribution is -2.36. The van der Waals surface area contributed by atoms with Crippen molar-refractivity contribution in [1.29, 1.82) is 0 Å². The van der Waals surface area contributed by atoms with Crippen LogP contribution in [0.3, 0.4) is 0 Å². The summed E-state index contributed by atoms with van der Waals surface area (Å²) in [6.45, 7) is 15.0. The second-order valence-electron chi connectivity index (χ2n) is 12.1. The smallest absolute Gasteiger partial charge is 0.312 e. The minimum Gasteiger partial charge on any atom is -0.493 e. The predicted molar refractivity (Wildman–Crippen MR) is 153 cm³/mol. The van der Waals surface area contributed by atoms with E-state index in [2.05, 4.69) is 55.0 Å². The number of carbonyl (C=O) groups is 1. The topological polar surface area (TPSA) is 47.6 Å². The summed E-state index contributed by atoms with van der Waals surface area (Å²) in [6.07, 6.45) is 6.21. The molecule has 0 radical (unpaired) electrons. The molecule has 200 valence electrons. The number of hydrogen-bond donors (Lipinski definition) is 1. The number of nitrogens with one attached hydrogen (secondary N) is 1. The summed E-state index contributed by atoms with van der Waals surface area (Å²) in [6, 6.07) is 17.1. The van der Waals surface area contributed by atoms with Crippen LogP contribution < -0.4 is 9.46 Å². The molecule has 0 amide bonds. The first-order valence-electron chi connectivity index (χ1n) is 13.2. The van der Waals surface area contributed by atoms with Gasteiger partial charge in [-0.05, 0) is 120 Å². The van der Waals surface area contributed by atoms with E-state index in [4.69, 9.17) is 9.47 Å². The first kappa shape index (κ1) is 30.2. The standard InChI is InChI=1S/C31H47NO3S/c1-29(2,3)35-28(33)31(6,7)23-30(4,5)21-10-9-11-24-12-14-25(15-13-24)20-22-34-26-16-18-27(19-17-26)36-32-8/h12-19,32H,9-11,20-23H2,1-8H3. The van der Waals surface area contributed by atoms with Crippen molar-refractivity contribution in [1.82, 2.24) is 4.72 Å². The van der Waals surface area contributed by atoms with Gasteiger partial charge in [0.15, 0.2) is 0 Å². The van der Waals surface area contributed by atoms with Crippen LogP contribution in [-0.4, -0.2) is 25.2 Å². The number of ether oxygens (including phenoxy) is 2. The summed E-state index contributed by atoms with van der Waals surface area (Å²) >= 11 is 1.60. The van der Waals surface area contributed by atoms with E-state index < -0.39 is 11.0 Å². The van der Waals surface area contributed by atoms with Gasteiger partial charge in [-0.2, -0.15) is 0 Å². The molecule has 0 atom stereocenters. The van der Waals surface area contributed by atoms with Gasteiger partial charge in [0.2, 0.25) is 0 Å². The molecule has 0 unspecified atom stereocenters. The van der Waals surface area contributed by atoms with Gasteiger partial charge in [-0.15, -0.1) is 0 Å². The van der Waals surface area contributed by atoms with Crippen LogP contribution in [0.2, 0.25) is 0 Å². The molecule has 1 N–H and O–H groups in total. The maximum Gasteiger partial charge on any atom is 0.312 e. The van der Waals surface area contributed by atoms with Crippen molar-refractivity contribution < 1.29 is 14.3 Å². The SMILES string of the molecule is CNSc1ccc(OCCc2ccc(CCCCC(C)(C)CC(C)(C)C(=O)OC(C)(C)C)cc2)cc1. The van der Waals surface area contributed by atoms with Gasteiger partial charge < -0.3 is 9.47 Å². The molecule has 0 aliphatic rings. The van der Waals surface area contributed by atoms with Gasteiger partial charge in [-0.3, -0.25) is 9.52 Å². The fraction of sp³-hybridized carbons (Fsp3) is 0.581. The quantitative estimate of drug-likeness (QED) is 0.157. The van der Waals surface area contributed by atoms with Crippen molar-refractivity contribution in [3.63, 3.8) is 0 Å². The van der Waals surface area contributed by atoms with E-state index >= 15 is 0 Å². The summed E-state index contributed by atoms with van der Waals surface area (Å²) in [5.74, 6) is 0.805. The Balaban J connectivity index is 1.70. The molecule has 0 fully saturated rings. The molecule has 4 nitrogen and oxygen atoms in total. The fourth-order valence-corrected chi connectivity index (χ4v) is 5.09. The number of rotatable bonds is 14. The molecule has 0 aliphatic heterocycles. The minimum absolute atomic E-state index is 0.0936. The molecule has 0 heterocycles. The normalized spacial score (nSPS) is 12.4. The number of benzene rings is 2. The lowest BCUT2D eigenvalue weighted by atomic mass is 9.72. The Kier molecular flexibility index (Phi) is 11.4. The number of carbonyl (C=O) groups excluding carboxylic acids is 1. The molecule has 36 heavy (non-hydrogen) atoms. The number of esters is 1. The maximum absolute atomic E-state index is 12.6. The molecule has 0 saturated heterocycles. The van der Waals surface area contributed by atoms with Crippen molar-refractivity contribution in [2.24, 2.45) is 10.8 Å². The molecule has 0 bridgehead atoms. The zero-order valence-electron chi connectivity index (χ0n) is 23.7. The summed E-state index contributed by atoms with van der Waals surface area (Å²) in [5, 5.41) is 0. The third-order valence-corrected chi connectivity index (χ3v) is 6.88. The highest BCUT2D eigenvalue weighted by atomic mass is 32.2. The van der Waals surface area contributed by atoms with Gasteiger partial charge in [0.05, 0.1) is 12.0 Å². The summed E-state index contributed by atoms with van der Waals surface area (Å²) in [4.78, 5) is 13.8. The van der Waals surface area contributed by atoms with Crippen LogP contribution in [0.1, 0.15) is 85.3 Å². The van der Waals surface area contributed by atoms with Crippen LogP contribution in [0.4, 0.5) is 0 Å². The highest BCUT2D eigenvalue weighted by Gasteiger charge is 2.37. The second kappa shape index (κ2) is 13.5. The highest BCUT2D eigenvalue weighted by Crippen LogP contribution is 2.39. The van der Waals surface area contributed by atoms with Crippen LogP contribution in [0.5, 0.6) is 5.75 Å². The van der Waals surface area contributed by atoms with E-state index in [0.29, 0.717) is 6.61 Å². The van der Waals surface area contributed by atoms with Crippen molar-refractivity contribution in [2.45, 2.75) is 97.5 Å². The molecule has 2 rings (SSSR count). The Morgan fingerprint density at radius 1 is 0.833 bits per heavy atom. The van der Waals surface area contributed by atoms with Crippen LogP contribution in [0.25, 0.3) is 0 Å². The highest BCUT2D eigenvalue weighted by molar-refractivity contribution is 7.97. The van der Waals surface area contributed by atoms with Gasteiger partial charge in [0.25, 0.3) is 0 Å². The third kappa shape index (κ3) is 11.4. The second-order valence-corrected chi connectivity index (χ2v) is 13.2. The van der Waals surface area contributed by atoms with Gasteiger partial charge in [0, 0.05) is 11.3 Å². The van der Waals surface area contributed by atoms with Crippen molar-refractivity contribution in [2.75, 3.05) is 13.7 Å². The molecular formula is C31H47NO3S. The van der Waals surface area contributed by atoms with Gasteiger partial charge in [0.1, 0.15) is 11.4 Å². The van der Waals surface area contributed by atoms with Crippen LogP contribution in [0.15, 0.2) is 53.4 Å². The van der Waals surface area contributed by atoms with Gasteiger partial charge in [-0.1, -0.05) is 44.5 Å². The molecule has 2 aromatic carbocycles. The van der Waals surface area contributed by atoms with E-state index in [0.717, 1.165) is 44.3 Å². The zero-order chi connectivity index (χ0) is 26.8. The van der Waals surface area contributed by atoms with E-state index in [1.165, 1.54) is 16.0 Å². The maximum atomic E-state index is 12.6. The molecule has 0 spiro atoms. The monoisotopic (exact) mass is 513 g/mol. The largest absolute Gasteiger partial charge is 0.493 e. The molecule has 0 aliphatic carbocycles. The third-order valence-electron chi connectivity index (χ3n) is 6.17. The van der Waals surface area contributed by atoms with Gasteiger partial charge in [-0.25, -0.2) is 0 Å². The Bertz CT molecular complexity index is 928. The lowest BCUT2D eigenvalue weighted by Gasteiger charge is -2.35. The Labute approximate surface area is 224 Å². The van der Waals surface area contributed by atoms with Crippen LogP contribution in [-0.2, 0) is 22.4 Å². The molecular weight excluding hydrogens is 466 g/mol. The lowest BCUT2D eigenvalue weighted by molar-refractivity contribution is -0.167. The summed E-state index contributed by atoms with van der Waals surface area (Å²) in [7, 11) is 1.92. The van der Waals surface area contributed by atoms with Crippen molar-refractivity contribution in [3.05, 3.63) is 59.7 Å². The average molecular weight is 514 g/mol. The molecule has 2 aromatic rings. The minimum atomic E-state index is -0.481. The van der Waals surface area contributed by atoms with Crippen LogP contribution >= 0.6 is 11.9 Å². The Morgan fingerprint density at radius 2 is 1.42 bits per heavy atom. The van der Waals surface area contributed by atoms with Crippen LogP contribution in [0, 0.1) is 10.8 Å². The van der Waals surface area contributed by atoms with E-state index in [9.17, 15) is 4.79 Å². The van der Waals surface area contributed by atoms with E-state index in [1.54, 1.807) is 11.9 Å². The number of unbranched alkanes of at least 4 members (excludes halogenated alkanes) is 1. The average Bonchev–Trinajstić information content (AvgIpc) is 2.77. The van der Waals surface area contributed by atoms with Crippen molar-refractivity contribution in [3.8, 4) is 5.75 Å². The Morgan fingerprint density at radius 3 is 1.97 bits per heavy atom. The predicted octanol–water partition coefficient (Wildman–Crippen LogP) is 8.03. The van der Waals surface area contributed by atoms with Crippen molar-refractivity contribution >= 4 is 17.9 Å². The zero-order valence-corrected chi connectivity index (χ0v) is 24.5. The molecule has 0 saturated carbocycles. The first-order chi connectivity index (χ1) is 16.8. The number of aryl methyl sites for hydroxylation is 1. The van der Waals surface area contributed by atoms with E-state index in [1.807, 2.05) is 53.8 Å². The first-order valence-corrected chi connectivity index (χ1v) is 14.0. The summed E-state index contributed by atoms with van der Waals surface area (Å²) < 4.78 is 14.6. The number of hydrogen-bond acceptors (Lipinski definition) is 5. The fourth-order valence-electron chi connectivity index (χ4n) is 4.59.